The third kappa shape index (κ3) is 3.30. The molecule has 0 radical (unpaired) electrons. The van der Waals surface area contributed by atoms with Gasteiger partial charge in [-0.25, -0.2) is 14.6 Å². The van der Waals surface area contributed by atoms with Crippen LogP contribution in [0.2, 0.25) is 0 Å². The number of carbonyl (C=O) groups excluding carboxylic acids is 1. The Balaban J connectivity index is 1.80. The minimum Gasteiger partial charge on any atom is -0.367 e. The normalized spacial score (nSPS) is 12.3. The number of hydrogen-bond donors (Lipinski definition) is 2. The summed E-state index contributed by atoms with van der Waals surface area (Å²) in [6, 6.07) is 0.00701. The molecular weight excluding hydrogens is 234 g/mol. The van der Waals surface area contributed by atoms with Crippen molar-refractivity contribution < 1.29 is 4.79 Å². The third-order valence-electron chi connectivity index (χ3n) is 2.31. The van der Waals surface area contributed by atoms with E-state index < -0.39 is 0 Å². The second kappa shape index (κ2) is 5.30. The monoisotopic (exact) mass is 249 g/mol. The van der Waals surface area contributed by atoms with Crippen LogP contribution >= 0.6 is 0 Å². The molecule has 96 valence electrons. The number of rotatable bonds is 5. The van der Waals surface area contributed by atoms with E-state index in [1.807, 2.05) is 17.7 Å². The SMILES string of the molecule is CC(Cn1ccnc1)NC(=O)Cn1cnc(N)n1. The van der Waals surface area contributed by atoms with E-state index in [1.54, 1.807) is 12.5 Å². The number of nitrogens with one attached hydrogen (secondary N) is 1. The van der Waals surface area contributed by atoms with E-state index in [2.05, 4.69) is 20.4 Å². The van der Waals surface area contributed by atoms with Crippen molar-refractivity contribution in [1.29, 1.82) is 0 Å². The van der Waals surface area contributed by atoms with Crippen LogP contribution in [0.5, 0.6) is 0 Å². The van der Waals surface area contributed by atoms with E-state index in [1.165, 1.54) is 11.0 Å². The van der Waals surface area contributed by atoms with Gasteiger partial charge in [0.1, 0.15) is 12.9 Å². The lowest BCUT2D eigenvalue weighted by molar-refractivity contribution is -0.122. The van der Waals surface area contributed by atoms with E-state index >= 15 is 0 Å². The molecule has 0 fully saturated rings. The molecule has 0 aliphatic rings. The van der Waals surface area contributed by atoms with Gasteiger partial charge in [0.15, 0.2) is 0 Å². The fourth-order valence-corrected chi connectivity index (χ4v) is 1.61. The van der Waals surface area contributed by atoms with E-state index in [9.17, 15) is 4.79 Å². The standard InChI is InChI=1S/C10H15N7O/c1-8(4-16-3-2-12-6-16)14-9(18)5-17-7-13-10(11)15-17/h2-3,6-8H,4-5H2,1H3,(H2,11,15)(H,14,18). The van der Waals surface area contributed by atoms with Crippen LogP contribution < -0.4 is 11.1 Å². The van der Waals surface area contributed by atoms with Gasteiger partial charge in [0.25, 0.3) is 0 Å². The van der Waals surface area contributed by atoms with Crippen molar-refractivity contribution in [3.05, 3.63) is 25.0 Å². The van der Waals surface area contributed by atoms with Crippen molar-refractivity contribution in [1.82, 2.24) is 29.6 Å². The maximum absolute atomic E-state index is 11.7. The van der Waals surface area contributed by atoms with Crippen molar-refractivity contribution in [3.8, 4) is 0 Å². The molecule has 0 saturated heterocycles. The van der Waals surface area contributed by atoms with Crippen molar-refractivity contribution in [3.63, 3.8) is 0 Å². The molecule has 1 unspecified atom stereocenters. The first kappa shape index (κ1) is 12.1. The molecule has 2 rings (SSSR count). The summed E-state index contributed by atoms with van der Waals surface area (Å²) in [5, 5.41) is 6.70. The van der Waals surface area contributed by atoms with Gasteiger partial charge in [0.05, 0.1) is 6.33 Å². The molecule has 1 atom stereocenters. The predicted octanol–water partition coefficient (Wildman–Crippen LogP) is -0.738. The van der Waals surface area contributed by atoms with E-state index in [0.717, 1.165) is 0 Å². The van der Waals surface area contributed by atoms with E-state index in [-0.39, 0.29) is 24.4 Å². The Morgan fingerprint density at radius 3 is 3.00 bits per heavy atom. The second-order valence-corrected chi connectivity index (χ2v) is 4.03. The van der Waals surface area contributed by atoms with E-state index in [0.29, 0.717) is 6.54 Å². The molecule has 0 bridgehead atoms. The molecule has 0 aromatic carbocycles. The summed E-state index contributed by atoms with van der Waals surface area (Å²) in [5.74, 6) is 0.0294. The molecule has 8 heteroatoms. The largest absolute Gasteiger partial charge is 0.367 e. The number of carbonyl (C=O) groups is 1. The summed E-state index contributed by atoms with van der Waals surface area (Å²) < 4.78 is 3.30. The van der Waals surface area contributed by atoms with Gasteiger partial charge in [-0.1, -0.05) is 0 Å². The highest BCUT2D eigenvalue weighted by molar-refractivity contribution is 5.75. The lowest BCUT2D eigenvalue weighted by atomic mass is 10.3. The van der Waals surface area contributed by atoms with Gasteiger partial charge in [0.2, 0.25) is 11.9 Å². The Bertz CT molecular complexity index is 504. The third-order valence-corrected chi connectivity index (χ3v) is 2.31. The number of anilines is 1. The molecule has 2 aromatic heterocycles. The van der Waals surface area contributed by atoms with Crippen molar-refractivity contribution >= 4 is 11.9 Å². The lowest BCUT2D eigenvalue weighted by Crippen LogP contribution is -2.37. The number of imidazole rings is 1. The summed E-state index contributed by atoms with van der Waals surface area (Å²) in [4.78, 5) is 19.4. The molecule has 1 amide bonds. The second-order valence-electron chi connectivity index (χ2n) is 4.03. The smallest absolute Gasteiger partial charge is 0.242 e. The molecule has 2 heterocycles. The van der Waals surface area contributed by atoms with Crippen LogP contribution in [0.15, 0.2) is 25.0 Å². The van der Waals surface area contributed by atoms with Crippen LogP contribution in [0.4, 0.5) is 5.95 Å². The Kier molecular flexibility index (Phi) is 3.56. The fraction of sp³-hybridized carbons (Fsp3) is 0.400. The number of nitrogen functional groups attached to an aromatic ring is 1. The fourth-order valence-electron chi connectivity index (χ4n) is 1.61. The van der Waals surface area contributed by atoms with Gasteiger partial charge in [-0.2, -0.15) is 0 Å². The zero-order chi connectivity index (χ0) is 13.0. The average molecular weight is 249 g/mol. The first-order chi connectivity index (χ1) is 8.63. The Labute approximate surface area is 104 Å². The summed E-state index contributed by atoms with van der Waals surface area (Å²) in [6.07, 6.45) is 6.68. The molecule has 0 aliphatic heterocycles. The van der Waals surface area contributed by atoms with E-state index in [4.69, 9.17) is 5.73 Å². The Morgan fingerprint density at radius 1 is 1.56 bits per heavy atom. The number of nitrogens with zero attached hydrogens (tertiary/aromatic N) is 5. The summed E-state index contributed by atoms with van der Waals surface area (Å²) in [6.45, 7) is 2.71. The highest BCUT2D eigenvalue weighted by Gasteiger charge is 2.09. The number of hydrogen-bond acceptors (Lipinski definition) is 5. The zero-order valence-corrected chi connectivity index (χ0v) is 10.0. The quantitative estimate of drug-likeness (QED) is 0.726. The molecule has 0 spiro atoms. The van der Waals surface area contributed by atoms with Crippen LogP contribution in [0.3, 0.4) is 0 Å². The summed E-state index contributed by atoms with van der Waals surface area (Å²) in [7, 11) is 0. The maximum atomic E-state index is 11.7. The highest BCUT2D eigenvalue weighted by atomic mass is 16.2. The molecule has 3 N–H and O–H groups in total. The average Bonchev–Trinajstić information content (AvgIpc) is 2.90. The Morgan fingerprint density at radius 2 is 2.39 bits per heavy atom. The van der Waals surface area contributed by atoms with Crippen molar-refractivity contribution in [2.45, 2.75) is 26.1 Å². The number of amides is 1. The van der Waals surface area contributed by atoms with Crippen LogP contribution in [0, 0.1) is 0 Å². The summed E-state index contributed by atoms with van der Waals surface area (Å²) >= 11 is 0. The van der Waals surface area contributed by atoms with Crippen LogP contribution in [-0.4, -0.2) is 36.3 Å². The predicted molar refractivity (Wildman–Crippen MR) is 64.3 cm³/mol. The molecule has 18 heavy (non-hydrogen) atoms. The van der Waals surface area contributed by atoms with Gasteiger partial charge in [-0.3, -0.25) is 4.79 Å². The molecule has 0 saturated carbocycles. The highest BCUT2D eigenvalue weighted by Crippen LogP contribution is 1.93. The molecule has 8 nitrogen and oxygen atoms in total. The number of aromatic nitrogens is 5. The molecule has 2 aromatic rings. The van der Waals surface area contributed by atoms with Crippen molar-refractivity contribution in [2.24, 2.45) is 0 Å². The Hall–Kier alpha value is -2.38. The minimum atomic E-state index is -0.132. The van der Waals surface area contributed by atoms with Gasteiger partial charge in [-0.05, 0) is 6.92 Å². The molecule has 0 aliphatic carbocycles. The minimum absolute atomic E-state index is 0.00701. The zero-order valence-electron chi connectivity index (χ0n) is 10.0. The van der Waals surface area contributed by atoms with Gasteiger partial charge < -0.3 is 15.6 Å². The number of nitrogens with two attached hydrogens (primary N) is 1. The van der Waals surface area contributed by atoms with Gasteiger partial charge >= 0.3 is 0 Å². The first-order valence-corrected chi connectivity index (χ1v) is 5.53. The first-order valence-electron chi connectivity index (χ1n) is 5.53. The molecular formula is C10H15N7O. The van der Waals surface area contributed by atoms with Crippen LogP contribution in [-0.2, 0) is 17.9 Å². The summed E-state index contributed by atoms with van der Waals surface area (Å²) in [5.41, 5.74) is 5.36. The van der Waals surface area contributed by atoms with Gasteiger partial charge in [-0.15, -0.1) is 5.10 Å². The van der Waals surface area contributed by atoms with Crippen molar-refractivity contribution in [2.75, 3.05) is 5.73 Å². The van der Waals surface area contributed by atoms with Crippen LogP contribution in [0.25, 0.3) is 0 Å². The van der Waals surface area contributed by atoms with Crippen LogP contribution in [0.1, 0.15) is 6.92 Å². The topological polar surface area (TPSA) is 104 Å². The lowest BCUT2D eigenvalue weighted by Gasteiger charge is -2.14. The maximum Gasteiger partial charge on any atom is 0.242 e. The van der Waals surface area contributed by atoms with Gasteiger partial charge in [0, 0.05) is 25.0 Å².